The number of H-pyrrole nitrogens is 1. The first kappa shape index (κ1) is 13.6. The quantitative estimate of drug-likeness (QED) is 0.600. The minimum Gasteiger partial charge on any atom is -0.394 e. The van der Waals surface area contributed by atoms with Crippen LogP contribution in [0, 0.1) is 4.64 Å². The Morgan fingerprint density at radius 2 is 2.15 bits per heavy atom. The van der Waals surface area contributed by atoms with E-state index in [1.807, 2.05) is 6.07 Å². The maximum absolute atomic E-state index is 10.0. The molecule has 4 unspecified atom stereocenters. The van der Waals surface area contributed by atoms with Crippen LogP contribution in [0.15, 0.2) is 24.4 Å². The van der Waals surface area contributed by atoms with E-state index in [9.17, 15) is 10.2 Å². The molecule has 1 aliphatic heterocycles. The smallest absolute Gasteiger partial charge is 0.138 e. The Kier molecular flexibility index (Phi) is 3.53. The Bertz CT molecular complexity index is 689. The number of aliphatic hydroxyl groups is 3. The summed E-state index contributed by atoms with van der Waals surface area (Å²) in [5, 5.41) is 29.8. The number of nitrogens with one attached hydrogen (secondary N) is 1. The summed E-state index contributed by atoms with van der Waals surface area (Å²) in [5.74, 6) is 0. The van der Waals surface area contributed by atoms with Crippen molar-refractivity contribution in [2.75, 3.05) is 6.61 Å². The Balaban J connectivity index is 2.06. The zero-order valence-electron chi connectivity index (χ0n) is 10.4. The van der Waals surface area contributed by atoms with Crippen molar-refractivity contribution >= 4 is 23.3 Å². The average molecular weight is 294 g/mol. The molecule has 1 saturated heterocycles. The van der Waals surface area contributed by atoms with E-state index in [0.717, 1.165) is 5.39 Å². The molecule has 0 radical (unpaired) electrons. The molecule has 1 fully saturated rings. The van der Waals surface area contributed by atoms with Crippen LogP contribution < -0.4 is 0 Å². The summed E-state index contributed by atoms with van der Waals surface area (Å²) in [6.45, 7) is -0.361. The first-order valence-electron chi connectivity index (χ1n) is 6.22. The molecule has 4 N–H and O–H groups in total. The molecule has 3 rings (SSSR count). The van der Waals surface area contributed by atoms with Gasteiger partial charge in [-0.15, -0.1) is 0 Å². The van der Waals surface area contributed by atoms with Crippen LogP contribution in [0.25, 0.3) is 11.0 Å². The van der Waals surface area contributed by atoms with E-state index in [2.05, 4.69) is 9.97 Å². The van der Waals surface area contributed by atoms with Crippen molar-refractivity contribution in [3.63, 3.8) is 0 Å². The Hall–Kier alpha value is -1.38. The predicted molar refractivity (Wildman–Crippen MR) is 73.6 cm³/mol. The molecule has 106 valence electrons. The molecule has 0 aromatic carbocycles. The number of aromatic amines is 1. The van der Waals surface area contributed by atoms with Crippen molar-refractivity contribution in [2.45, 2.75) is 24.4 Å². The summed E-state index contributed by atoms with van der Waals surface area (Å²) in [6, 6.07) is 5.43. The molecule has 4 atom stereocenters. The lowest BCUT2D eigenvalue weighted by Crippen LogP contribution is -2.32. The molecule has 0 bridgehead atoms. The number of fused-ring (bicyclic) bond motifs is 1. The predicted octanol–water partition coefficient (Wildman–Crippen LogP) is 0.446. The van der Waals surface area contributed by atoms with E-state index < -0.39 is 24.4 Å². The van der Waals surface area contributed by atoms with E-state index in [1.165, 1.54) is 0 Å². The lowest BCUT2D eigenvalue weighted by atomic mass is 10.0. The van der Waals surface area contributed by atoms with E-state index in [-0.39, 0.29) is 6.61 Å². The van der Waals surface area contributed by atoms with Crippen LogP contribution in [-0.4, -0.2) is 50.2 Å². The summed E-state index contributed by atoms with van der Waals surface area (Å²) in [4.78, 5) is 7.13. The Morgan fingerprint density at radius 3 is 2.85 bits per heavy atom. The lowest BCUT2D eigenvalue weighted by molar-refractivity contribution is -0.0229. The van der Waals surface area contributed by atoms with Gasteiger partial charge in [0.05, 0.1) is 6.61 Å². The van der Waals surface area contributed by atoms with Gasteiger partial charge in [-0.3, -0.25) is 0 Å². The zero-order valence-corrected chi connectivity index (χ0v) is 11.2. The van der Waals surface area contributed by atoms with E-state index in [1.54, 1.807) is 18.3 Å². The molecule has 1 aliphatic rings. The minimum absolute atomic E-state index is 0.361. The third-order valence-electron chi connectivity index (χ3n) is 3.49. The van der Waals surface area contributed by atoms with Gasteiger partial charge in [-0.25, -0.2) is 4.98 Å². The first-order chi connectivity index (χ1) is 9.61. The number of ether oxygens (including phenoxy) is 1. The maximum Gasteiger partial charge on any atom is 0.138 e. The van der Waals surface area contributed by atoms with Crippen LogP contribution in [0.5, 0.6) is 0 Å². The molecule has 2 aromatic rings. The second kappa shape index (κ2) is 5.19. The summed E-state index contributed by atoms with van der Waals surface area (Å²) < 4.78 is 5.89. The molecule has 0 saturated carbocycles. The fourth-order valence-electron chi connectivity index (χ4n) is 2.42. The normalized spacial score (nSPS) is 29.9. The van der Waals surface area contributed by atoms with Crippen molar-refractivity contribution in [1.82, 2.24) is 9.97 Å². The highest BCUT2D eigenvalue weighted by Gasteiger charge is 2.43. The van der Waals surface area contributed by atoms with Crippen molar-refractivity contribution < 1.29 is 20.1 Å². The highest BCUT2D eigenvalue weighted by atomic mass is 32.1. The molecular weight excluding hydrogens is 280 g/mol. The largest absolute Gasteiger partial charge is 0.394 e. The number of hydrogen-bond acceptors (Lipinski definition) is 6. The highest BCUT2D eigenvalue weighted by Crippen LogP contribution is 2.34. The van der Waals surface area contributed by atoms with Gasteiger partial charge in [0.15, 0.2) is 0 Å². The average Bonchev–Trinajstić information content (AvgIpc) is 2.74. The SMILES string of the molecule is OCC1OC(c2cc3cccnc3[nH]c2=S)C(O)C1O. The molecule has 6 nitrogen and oxygen atoms in total. The minimum atomic E-state index is -1.14. The number of aromatic nitrogens is 2. The molecule has 0 spiro atoms. The standard InChI is InChI=1S/C13H14N2O4S/c16-5-8-9(17)10(18)11(19-8)7-4-6-2-1-3-14-12(6)15-13(7)20/h1-4,8-11,16-18H,5H2,(H,14,15,20). The lowest BCUT2D eigenvalue weighted by Gasteiger charge is -2.15. The van der Waals surface area contributed by atoms with Crippen molar-refractivity contribution in [1.29, 1.82) is 0 Å². The van der Waals surface area contributed by atoms with Crippen molar-refractivity contribution in [3.8, 4) is 0 Å². The van der Waals surface area contributed by atoms with Gasteiger partial charge >= 0.3 is 0 Å². The van der Waals surface area contributed by atoms with Gasteiger partial charge in [0.1, 0.15) is 34.7 Å². The van der Waals surface area contributed by atoms with E-state index in [4.69, 9.17) is 22.1 Å². The molecule has 3 heterocycles. The second-order valence-corrected chi connectivity index (χ2v) is 5.16. The molecular formula is C13H14N2O4S. The van der Waals surface area contributed by atoms with Crippen molar-refractivity contribution in [3.05, 3.63) is 34.6 Å². The third kappa shape index (κ3) is 2.13. The van der Waals surface area contributed by atoms with Crippen LogP contribution in [0.2, 0.25) is 0 Å². The van der Waals surface area contributed by atoms with E-state index in [0.29, 0.717) is 15.9 Å². The van der Waals surface area contributed by atoms with Gasteiger partial charge in [-0.1, -0.05) is 12.2 Å². The number of pyridine rings is 2. The fourth-order valence-corrected chi connectivity index (χ4v) is 2.69. The summed E-state index contributed by atoms with van der Waals surface area (Å²) >= 11 is 5.25. The summed E-state index contributed by atoms with van der Waals surface area (Å²) in [7, 11) is 0. The van der Waals surface area contributed by atoms with E-state index >= 15 is 0 Å². The Labute approximate surface area is 119 Å². The van der Waals surface area contributed by atoms with Crippen LogP contribution >= 0.6 is 12.2 Å². The zero-order chi connectivity index (χ0) is 14.3. The topological polar surface area (TPSA) is 98.6 Å². The van der Waals surface area contributed by atoms with Gasteiger partial charge in [0, 0.05) is 17.1 Å². The second-order valence-electron chi connectivity index (χ2n) is 4.75. The molecule has 20 heavy (non-hydrogen) atoms. The third-order valence-corrected chi connectivity index (χ3v) is 3.83. The Morgan fingerprint density at radius 1 is 1.35 bits per heavy atom. The van der Waals surface area contributed by atoms with Crippen LogP contribution in [0.4, 0.5) is 0 Å². The van der Waals surface area contributed by atoms with Gasteiger partial charge < -0.3 is 25.0 Å². The number of aliphatic hydroxyl groups excluding tert-OH is 3. The summed E-state index contributed by atoms with van der Waals surface area (Å²) in [5.41, 5.74) is 1.22. The van der Waals surface area contributed by atoms with Crippen LogP contribution in [-0.2, 0) is 4.74 Å². The molecule has 0 aliphatic carbocycles. The van der Waals surface area contributed by atoms with Crippen molar-refractivity contribution in [2.24, 2.45) is 0 Å². The van der Waals surface area contributed by atoms with Gasteiger partial charge in [0.25, 0.3) is 0 Å². The summed E-state index contributed by atoms with van der Waals surface area (Å²) in [6.07, 6.45) is -2.19. The number of hydrogen-bond donors (Lipinski definition) is 4. The molecule has 7 heteroatoms. The van der Waals surface area contributed by atoms with Gasteiger partial charge in [0.2, 0.25) is 0 Å². The van der Waals surface area contributed by atoms with Crippen LogP contribution in [0.3, 0.4) is 0 Å². The molecule has 2 aromatic heterocycles. The van der Waals surface area contributed by atoms with Crippen LogP contribution in [0.1, 0.15) is 11.7 Å². The number of nitrogens with zero attached hydrogens (tertiary/aromatic N) is 1. The van der Waals surface area contributed by atoms with Gasteiger partial charge in [-0.05, 0) is 18.2 Å². The monoisotopic (exact) mass is 294 g/mol. The highest BCUT2D eigenvalue weighted by molar-refractivity contribution is 7.71. The number of rotatable bonds is 2. The first-order valence-corrected chi connectivity index (χ1v) is 6.63. The molecule has 0 amide bonds. The van der Waals surface area contributed by atoms with Gasteiger partial charge in [-0.2, -0.15) is 0 Å². The fraction of sp³-hybridized carbons (Fsp3) is 0.385. The maximum atomic E-state index is 10.0.